The molecule has 0 aliphatic rings. The molecule has 7 nitrogen and oxygen atoms in total. The second kappa shape index (κ2) is 8.64. The first-order valence-corrected chi connectivity index (χ1v) is 8.29. The van der Waals surface area contributed by atoms with Gasteiger partial charge in [-0.2, -0.15) is 0 Å². The minimum atomic E-state index is -1.29. The molecule has 8 heteroatoms. The van der Waals surface area contributed by atoms with Crippen molar-refractivity contribution in [3.63, 3.8) is 0 Å². The van der Waals surface area contributed by atoms with Gasteiger partial charge in [-0.1, -0.05) is 17.7 Å². The van der Waals surface area contributed by atoms with Crippen LogP contribution in [0.15, 0.2) is 30.3 Å². The van der Waals surface area contributed by atoms with Crippen LogP contribution in [0, 0.1) is 6.92 Å². The van der Waals surface area contributed by atoms with E-state index in [-0.39, 0.29) is 10.6 Å². The molecule has 0 saturated heterocycles. The number of halogens is 1. The summed E-state index contributed by atoms with van der Waals surface area (Å²) in [6, 6.07) is 6.26. The van der Waals surface area contributed by atoms with E-state index >= 15 is 0 Å². The van der Waals surface area contributed by atoms with Crippen LogP contribution in [0.2, 0.25) is 5.02 Å². The molecule has 2 aromatic carbocycles. The van der Waals surface area contributed by atoms with Crippen LogP contribution in [-0.4, -0.2) is 38.3 Å². The van der Waals surface area contributed by atoms with Crippen LogP contribution in [0.3, 0.4) is 0 Å². The third kappa shape index (κ3) is 4.43. The molecule has 144 valence electrons. The Bertz CT molecular complexity index is 842. The average Bonchev–Trinajstić information content (AvgIpc) is 2.65. The number of rotatable bonds is 7. The van der Waals surface area contributed by atoms with Crippen molar-refractivity contribution in [2.24, 2.45) is 0 Å². The Labute approximate surface area is 161 Å². The third-order valence-corrected chi connectivity index (χ3v) is 4.34. The van der Waals surface area contributed by atoms with Crippen LogP contribution in [0.1, 0.15) is 27.5 Å². The van der Waals surface area contributed by atoms with Gasteiger partial charge in [-0.25, -0.2) is 4.79 Å². The molecule has 1 unspecified atom stereocenters. The zero-order valence-corrected chi connectivity index (χ0v) is 16.1. The van der Waals surface area contributed by atoms with Gasteiger partial charge in [0.15, 0.2) is 6.04 Å². The molecule has 2 N–H and O–H groups in total. The summed E-state index contributed by atoms with van der Waals surface area (Å²) in [5.74, 6) is -0.497. The first kappa shape index (κ1) is 20.4. The molecule has 0 spiro atoms. The van der Waals surface area contributed by atoms with Crippen molar-refractivity contribution >= 4 is 23.5 Å². The van der Waals surface area contributed by atoms with Crippen LogP contribution in [0.4, 0.5) is 0 Å². The molecule has 0 aliphatic heterocycles. The van der Waals surface area contributed by atoms with Crippen LogP contribution in [-0.2, 0) is 4.79 Å². The zero-order chi connectivity index (χ0) is 20.1. The quantitative estimate of drug-likeness (QED) is 0.750. The molecule has 0 fully saturated rings. The maximum Gasteiger partial charge on any atom is 0.330 e. The second-order valence-electron chi connectivity index (χ2n) is 5.64. The van der Waals surface area contributed by atoms with Crippen molar-refractivity contribution in [2.45, 2.75) is 13.0 Å². The monoisotopic (exact) mass is 393 g/mol. The lowest BCUT2D eigenvalue weighted by atomic mass is 10.0. The zero-order valence-electron chi connectivity index (χ0n) is 15.3. The SMILES string of the molecule is COc1ccc(C(NC(=O)c2cc(OC)c(C)c(OC)c2)C(=O)O)cc1Cl. The molecule has 0 radical (unpaired) electrons. The van der Waals surface area contributed by atoms with Gasteiger partial charge in [-0.3, -0.25) is 4.79 Å². The van der Waals surface area contributed by atoms with Crippen LogP contribution in [0.5, 0.6) is 17.2 Å². The normalized spacial score (nSPS) is 11.4. The lowest BCUT2D eigenvalue weighted by molar-refractivity contribution is -0.139. The van der Waals surface area contributed by atoms with E-state index in [1.165, 1.54) is 51.7 Å². The smallest absolute Gasteiger partial charge is 0.330 e. The van der Waals surface area contributed by atoms with Crippen molar-refractivity contribution in [1.82, 2.24) is 5.32 Å². The Hall–Kier alpha value is -2.93. The van der Waals surface area contributed by atoms with Crippen molar-refractivity contribution in [1.29, 1.82) is 0 Å². The minimum Gasteiger partial charge on any atom is -0.496 e. The molecule has 0 heterocycles. The summed E-state index contributed by atoms with van der Waals surface area (Å²) in [5.41, 5.74) is 1.25. The third-order valence-electron chi connectivity index (χ3n) is 4.05. The summed E-state index contributed by atoms with van der Waals surface area (Å²) >= 11 is 6.06. The van der Waals surface area contributed by atoms with Gasteiger partial charge in [0.05, 0.1) is 26.4 Å². The lowest BCUT2D eigenvalue weighted by Crippen LogP contribution is -2.33. The first-order valence-electron chi connectivity index (χ1n) is 7.92. The van der Waals surface area contributed by atoms with E-state index in [4.69, 9.17) is 25.8 Å². The molecule has 0 aliphatic carbocycles. The van der Waals surface area contributed by atoms with Gasteiger partial charge >= 0.3 is 5.97 Å². The van der Waals surface area contributed by atoms with Gasteiger partial charge < -0.3 is 24.6 Å². The number of carbonyl (C=O) groups is 2. The second-order valence-corrected chi connectivity index (χ2v) is 6.05. The van der Waals surface area contributed by atoms with Crippen molar-refractivity contribution in [2.75, 3.05) is 21.3 Å². The number of hydrogen-bond donors (Lipinski definition) is 2. The molecule has 2 aromatic rings. The summed E-state index contributed by atoms with van der Waals surface area (Å²) in [6.45, 7) is 1.79. The van der Waals surface area contributed by atoms with E-state index < -0.39 is 17.9 Å². The van der Waals surface area contributed by atoms with E-state index in [9.17, 15) is 14.7 Å². The number of benzene rings is 2. The van der Waals surface area contributed by atoms with Crippen molar-refractivity contribution in [3.05, 3.63) is 52.0 Å². The van der Waals surface area contributed by atoms with Crippen LogP contribution in [0.25, 0.3) is 0 Å². The van der Waals surface area contributed by atoms with Crippen LogP contribution < -0.4 is 19.5 Å². The standard InChI is InChI=1S/C19H20ClNO6/c1-10-15(26-3)8-12(9-16(10)27-4)18(22)21-17(19(23)24)11-5-6-14(25-2)13(20)7-11/h5-9,17H,1-4H3,(H,21,22)(H,23,24). The first-order chi connectivity index (χ1) is 12.8. The van der Waals surface area contributed by atoms with E-state index in [1.54, 1.807) is 6.92 Å². The lowest BCUT2D eigenvalue weighted by Gasteiger charge is -2.17. The Balaban J connectivity index is 2.36. The fraction of sp³-hybridized carbons (Fsp3) is 0.263. The van der Waals surface area contributed by atoms with E-state index in [0.29, 0.717) is 22.8 Å². The molecule has 0 bridgehead atoms. The summed E-state index contributed by atoms with van der Waals surface area (Å²) in [5, 5.41) is 12.3. The van der Waals surface area contributed by atoms with Gasteiger partial charge in [0.1, 0.15) is 17.2 Å². The fourth-order valence-electron chi connectivity index (χ4n) is 2.58. The number of nitrogens with one attached hydrogen (secondary N) is 1. The predicted octanol–water partition coefficient (Wildman–Crippen LogP) is 3.23. The number of carboxylic acid groups (broad SMARTS) is 1. The molecule has 1 atom stereocenters. The topological polar surface area (TPSA) is 94.1 Å². The highest BCUT2D eigenvalue weighted by molar-refractivity contribution is 6.32. The summed E-state index contributed by atoms with van der Waals surface area (Å²) < 4.78 is 15.6. The molecule has 0 saturated carbocycles. The van der Waals surface area contributed by atoms with Gasteiger partial charge in [0.2, 0.25) is 0 Å². The Morgan fingerprint density at radius 2 is 1.56 bits per heavy atom. The molecule has 2 rings (SSSR count). The van der Waals surface area contributed by atoms with Crippen LogP contribution >= 0.6 is 11.6 Å². The van der Waals surface area contributed by atoms with E-state index in [0.717, 1.165) is 5.56 Å². The Kier molecular flexibility index (Phi) is 6.52. The molecule has 0 aromatic heterocycles. The number of amides is 1. The van der Waals surface area contributed by atoms with E-state index in [1.807, 2.05) is 0 Å². The van der Waals surface area contributed by atoms with Crippen molar-refractivity contribution in [3.8, 4) is 17.2 Å². The average molecular weight is 394 g/mol. The maximum absolute atomic E-state index is 12.6. The summed E-state index contributed by atoms with van der Waals surface area (Å²) in [4.78, 5) is 24.3. The number of carbonyl (C=O) groups excluding carboxylic acids is 1. The number of hydrogen-bond acceptors (Lipinski definition) is 5. The number of carboxylic acids is 1. The molecular formula is C19H20ClNO6. The van der Waals surface area contributed by atoms with Crippen molar-refractivity contribution < 1.29 is 28.9 Å². The minimum absolute atomic E-state index is 0.208. The largest absolute Gasteiger partial charge is 0.496 e. The highest BCUT2D eigenvalue weighted by atomic mass is 35.5. The maximum atomic E-state index is 12.6. The Morgan fingerprint density at radius 3 is 2.00 bits per heavy atom. The summed E-state index contributed by atoms with van der Waals surface area (Å²) in [7, 11) is 4.40. The number of methoxy groups -OCH3 is 3. The highest BCUT2D eigenvalue weighted by Crippen LogP contribution is 2.31. The Morgan fingerprint density at radius 1 is 1.00 bits per heavy atom. The molecular weight excluding hydrogens is 374 g/mol. The molecule has 1 amide bonds. The van der Waals surface area contributed by atoms with Gasteiger partial charge in [0.25, 0.3) is 5.91 Å². The van der Waals surface area contributed by atoms with Gasteiger partial charge in [-0.05, 0) is 36.8 Å². The number of aliphatic carboxylic acids is 1. The fourth-order valence-corrected chi connectivity index (χ4v) is 2.85. The summed E-state index contributed by atoms with van der Waals surface area (Å²) in [6.07, 6.45) is 0. The van der Waals surface area contributed by atoms with Gasteiger partial charge in [0, 0.05) is 11.1 Å². The van der Waals surface area contributed by atoms with E-state index in [2.05, 4.69) is 5.32 Å². The molecule has 27 heavy (non-hydrogen) atoms. The highest BCUT2D eigenvalue weighted by Gasteiger charge is 2.24. The predicted molar refractivity (Wildman–Crippen MR) is 100 cm³/mol. The number of ether oxygens (including phenoxy) is 3. The van der Waals surface area contributed by atoms with Gasteiger partial charge in [-0.15, -0.1) is 0 Å².